The SMILES string of the molecule is C[C@H](O)c1ccc(OCc2ccc3c(c2)CCC3)c(Cl)c1. The summed E-state index contributed by atoms with van der Waals surface area (Å²) in [4.78, 5) is 0. The van der Waals surface area contributed by atoms with E-state index in [0.29, 0.717) is 17.4 Å². The fraction of sp³-hybridized carbons (Fsp3) is 0.333. The van der Waals surface area contributed by atoms with Crippen LogP contribution in [0.25, 0.3) is 0 Å². The highest BCUT2D eigenvalue weighted by molar-refractivity contribution is 6.32. The standard InChI is InChI=1S/C18H19ClO2/c1-12(20)15-7-8-18(17(19)10-15)21-11-13-5-6-14-3-2-4-16(14)9-13/h5-10,12,20H,2-4,11H2,1H3/t12-/m0/s1. The van der Waals surface area contributed by atoms with E-state index in [1.165, 1.54) is 36.0 Å². The molecule has 2 aromatic carbocycles. The normalized spacial score (nSPS) is 14.8. The fourth-order valence-electron chi connectivity index (χ4n) is 2.77. The first-order valence-electron chi connectivity index (χ1n) is 7.34. The maximum Gasteiger partial charge on any atom is 0.138 e. The van der Waals surface area contributed by atoms with Gasteiger partial charge in [0.2, 0.25) is 0 Å². The Hall–Kier alpha value is -1.51. The second kappa shape index (κ2) is 6.08. The Morgan fingerprint density at radius 1 is 1.14 bits per heavy atom. The van der Waals surface area contributed by atoms with Crippen LogP contribution in [-0.4, -0.2) is 5.11 Å². The van der Waals surface area contributed by atoms with Gasteiger partial charge in [-0.1, -0.05) is 35.9 Å². The first kappa shape index (κ1) is 14.4. The predicted molar refractivity (Wildman–Crippen MR) is 84.9 cm³/mol. The lowest BCUT2D eigenvalue weighted by Crippen LogP contribution is -1.98. The van der Waals surface area contributed by atoms with Gasteiger partial charge >= 0.3 is 0 Å². The molecule has 0 amide bonds. The molecule has 3 heteroatoms. The Morgan fingerprint density at radius 3 is 2.71 bits per heavy atom. The van der Waals surface area contributed by atoms with Gasteiger partial charge in [-0.2, -0.15) is 0 Å². The van der Waals surface area contributed by atoms with Crippen LogP contribution in [0.4, 0.5) is 0 Å². The van der Waals surface area contributed by atoms with Gasteiger partial charge in [-0.3, -0.25) is 0 Å². The lowest BCUT2D eigenvalue weighted by molar-refractivity contribution is 0.199. The van der Waals surface area contributed by atoms with Crippen LogP contribution in [-0.2, 0) is 19.4 Å². The van der Waals surface area contributed by atoms with Crippen molar-refractivity contribution in [1.82, 2.24) is 0 Å². The van der Waals surface area contributed by atoms with Crippen molar-refractivity contribution >= 4 is 11.6 Å². The molecule has 0 spiro atoms. The third-order valence-electron chi connectivity index (χ3n) is 4.00. The summed E-state index contributed by atoms with van der Waals surface area (Å²) in [5, 5.41) is 10.1. The van der Waals surface area contributed by atoms with E-state index in [2.05, 4.69) is 18.2 Å². The molecule has 1 N–H and O–H groups in total. The van der Waals surface area contributed by atoms with Gasteiger partial charge in [0.1, 0.15) is 12.4 Å². The Bertz CT molecular complexity index is 650. The molecule has 2 aromatic rings. The number of aryl methyl sites for hydroxylation is 2. The average Bonchev–Trinajstić information content (AvgIpc) is 2.93. The third-order valence-corrected chi connectivity index (χ3v) is 4.29. The average molecular weight is 303 g/mol. The van der Waals surface area contributed by atoms with Crippen LogP contribution in [0.5, 0.6) is 5.75 Å². The molecular weight excluding hydrogens is 284 g/mol. The number of aliphatic hydroxyl groups is 1. The minimum atomic E-state index is -0.520. The van der Waals surface area contributed by atoms with Crippen molar-refractivity contribution in [3.8, 4) is 5.75 Å². The van der Waals surface area contributed by atoms with Crippen molar-refractivity contribution in [3.63, 3.8) is 0 Å². The van der Waals surface area contributed by atoms with E-state index in [1.54, 1.807) is 13.0 Å². The molecule has 110 valence electrons. The van der Waals surface area contributed by atoms with Crippen molar-refractivity contribution in [3.05, 3.63) is 63.7 Å². The van der Waals surface area contributed by atoms with Gasteiger partial charge in [-0.05, 0) is 60.6 Å². The van der Waals surface area contributed by atoms with Crippen molar-refractivity contribution in [2.24, 2.45) is 0 Å². The highest BCUT2D eigenvalue weighted by Gasteiger charge is 2.11. The number of hydrogen-bond donors (Lipinski definition) is 1. The van der Waals surface area contributed by atoms with Crippen LogP contribution >= 0.6 is 11.6 Å². The number of fused-ring (bicyclic) bond motifs is 1. The van der Waals surface area contributed by atoms with Gasteiger partial charge in [0, 0.05) is 0 Å². The lowest BCUT2D eigenvalue weighted by atomic mass is 10.1. The molecule has 3 rings (SSSR count). The van der Waals surface area contributed by atoms with E-state index < -0.39 is 6.10 Å². The predicted octanol–water partition coefficient (Wildman–Crippen LogP) is 4.46. The monoisotopic (exact) mass is 302 g/mol. The summed E-state index contributed by atoms with van der Waals surface area (Å²) in [5.74, 6) is 0.654. The van der Waals surface area contributed by atoms with Gasteiger partial charge in [0.15, 0.2) is 0 Å². The van der Waals surface area contributed by atoms with Crippen LogP contribution in [0.2, 0.25) is 5.02 Å². The first-order chi connectivity index (χ1) is 10.1. The summed E-state index contributed by atoms with van der Waals surface area (Å²) in [6, 6.07) is 12.0. The number of aliphatic hydroxyl groups excluding tert-OH is 1. The van der Waals surface area contributed by atoms with Crippen molar-refractivity contribution in [2.45, 2.75) is 38.9 Å². The number of ether oxygens (including phenoxy) is 1. The number of halogens is 1. The highest BCUT2D eigenvalue weighted by atomic mass is 35.5. The zero-order valence-electron chi connectivity index (χ0n) is 12.1. The summed E-state index contributed by atoms with van der Waals surface area (Å²) in [7, 11) is 0. The lowest BCUT2D eigenvalue weighted by Gasteiger charge is -2.11. The quantitative estimate of drug-likeness (QED) is 0.903. The first-order valence-corrected chi connectivity index (χ1v) is 7.72. The molecule has 2 nitrogen and oxygen atoms in total. The molecular formula is C18H19ClO2. The molecule has 0 aromatic heterocycles. The van der Waals surface area contributed by atoms with Crippen LogP contribution in [0.1, 0.15) is 41.7 Å². The Balaban J connectivity index is 1.70. The summed E-state index contributed by atoms with van der Waals surface area (Å²) in [6.45, 7) is 2.23. The topological polar surface area (TPSA) is 29.5 Å². The molecule has 1 aliphatic carbocycles. The summed E-state index contributed by atoms with van der Waals surface area (Å²) >= 11 is 6.20. The number of rotatable bonds is 4. The van der Waals surface area contributed by atoms with Crippen LogP contribution < -0.4 is 4.74 Å². The van der Waals surface area contributed by atoms with E-state index in [9.17, 15) is 5.11 Å². The minimum Gasteiger partial charge on any atom is -0.487 e. The van der Waals surface area contributed by atoms with Crippen molar-refractivity contribution in [2.75, 3.05) is 0 Å². The maximum atomic E-state index is 9.54. The molecule has 0 radical (unpaired) electrons. The Labute approximate surface area is 130 Å². The van der Waals surface area contributed by atoms with Crippen LogP contribution in [0.15, 0.2) is 36.4 Å². The van der Waals surface area contributed by atoms with E-state index in [1.807, 2.05) is 12.1 Å². The molecule has 0 fully saturated rings. The van der Waals surface area contributed by atoms with Gasteiger partial charge < -0.3 is 9.84 Å². The van der Waals surface area contributed by atoms with E-state index in [4.69, 9.17) is 16.3 Å². The zero-order chi connectivity index (χ0) is 14.8. The van der Waals surface area contributed by atoms with E-state index in [-0.39, 0.29) is 0 Å². The third kappa shape index (κ3) is 3.22. The zero-order valence-corrected chi connectivity index (χ0v) is 12.9. The number of hydrogen-bond acceptors (Lipinski definition) is 2. The van der Waals surface area contributed by atoms with E-state index >= 15 is 0 Å². The summed E-state index contributed by atoms with van der Waals surface area (Å²) in [5.41, 5.74) is 4.89. The summed E-state index contributed by atoms with van der Waals surface area (Å²) < 4.78 is 5.80. The van der Waals surface area contributed by atoms with Crippen molar-refractivity contribution in [1.29, 1.82) is 0 Å². The second-order valence-electron chi connectivity index (χ2n) is 5.61. The maximum absolute atomic E-state index is 9.54. The minimum absolute atomic E-state index is 0.515. The molecule has 1 aliphatic rings. The largest absolute Gasteiger partial charge is 0.487 e. The van der Waals surface area contributed by atoms with Crippen molar-refractivity contribution < 1.29 is 9.84 Å². The Morgan fingerprint density at radius 2 is 1.95 bits per heavy atom. The Kier molecular flexibility index (Phi) is 4.18. The van der Waals surface area contributed by atoms with Crippen LogP contribution in [0, 0.1) is 0 Å². The van der Waals surface area contributed by atoms with Gasteiger partial charge in [0.25, 0.3) is 0 Å². The number of benzene rings is 2. The van der Waals surface area contributed by atoms with E-state index in [0.717, 1.165) is 5.56 Å². The molecule has 0 aliphatic heterocycles. The molecule has 0 unspecified atom stereocenters. The van der Waals surface area contributed by atoms with Gasteiger partial charge in [0.05, 0.1) is 11.1 Å². The van der Waals surface area contributed by atoms with Gasteiger partial charge in [-0.25, -0.2) is 0 Å². The highest BCUT2D eigenvalue weighted by Crippen LogP contribution is 2.29. The second-order valence-corrected chi connectivity index (χ2v) is 6.02. The molecule has 21 heavy (non-hydrogen) atoms. The van der Waals surface area contributed by atoms with Gasteiger partial charge in [-0.15, -0.1) is 0 Å². The molecule has 0 saturated heterocycles. The van der Waals surface area contributed by atoms with Crippen LogP contribution in [0.3, 0.4) is 0 Å². The smallest absolute Gasteiger partial charge is 0.138 e. The molecule has 1 atom stereocenters. The molecule has 0 heterocycles. The molecule has 0 bridgehead atoms. The molecule has 0 saturated carbocycles. The fourth-order valence-corrected chi connectivity index (χ4v) is 3.01. The summed E-state index contributed by atoms with van der Waals surface area (Å²) in [6.07, 6.45) is 3.11.